The number of rotatable bonds is 1. The van der Waals surface area contributed by atoms with Crippen molar-refractivity contribution in [1.82, 2.24) is 0 Å². The van der Waals surface area contributed by atoms with Crippen LogP contribution in [0.2, 0.25) is 0 Å². The van der Waals surface area contributed by atoms with Crippen LogP contribution in [-0.2, 0) is 25.7 Å². The summed E-state index contributed by atoms with van der Waals surface area (Å²) in [6.07, 6.45) is 0. The first-order valence-corrected chi connectivity index (χ1v) is 12.8. The molecule has 0 bridgehead atoms. The Hall–Kier alpha value is 0.178. The molecule has 0 saturated carbocycles. The third-order valence-corrected chi connectivity index (χ3v) is 3.56. The van der Waals surface area contributed by atoms with E-state index in [9.17, 15) is 0 Å². The van der Waals surface area contributed by atoms with Crippen molar-refractivity contribution in [3.8, 4) is 0 Å². The fourth-order valence-corrected chi connectivity index (χ4v) is 1.73. The molecule has 0 aliphatic carbocycles. The molecule has 0 aromatic heterocycles. The van der Waals surface area contributed by atoms with Gasteiger partial charge in [0.25, 0.3) is 0 Å². The van der Waals surface area contributed by atoms with Crippen molar-refractivity contribution in [3.05, 3.63) is 36.8 Å². The fraction of sp³-hybridized carbons (Fsp3) is 0.462. The van der Waals surface area contributed by atoms with Crippen LogP contribution >= 0.6 is 13.6 Å². The molecule has 18 heavy (non-hydrogen) atoms. The Morgan fingerprint density at radius 1 is 1.06 bits per heavy atom. The van der Waals surface area contributed by atoms with Crippen LogP contribution in [0.15, 0.2) is 24.3 Å². The first kappa shape index (κ1) is 16.2. The second kappa shape index (κ2) is 6.09. The predicted octanol–water partition coefficient (Wildman–Crippen LogP) is 3.01. The minimum atomic E-state index is -0.307. The average Bonchev–Trinajstić information content (AvgIpc) is 2.51. The van der Waals surface area contributed by atoms with Crippen molar-refractivity contribution in [1.29, 1.82) is 0 Å². The van der Waals surface area contributed by atoms with E-state index in [0.717, 1.165) is 11.0 Å². The number of hydrogen-bond acceptors (Lipinski definition) is 2. The maximum absolute atomic E-state index is 5.97. The van der Waals surface area contributed by atoms with Crippen LogP contribution in [-0.4, -0.2) is 18.3 Å². The molecule has 0 amide bonds. The standard InChI is InChI=1S/C13H18BO2.BrH.Zn/c1-10-8-6-7-9-11(10)14-15-12(2,3)13(4,5)16-14;;/h6-9H,1H2,2-5H3;1H;/q-1;;+2/p-1. The van der Waals surface area contributed by atoms with Gasteiger partial charge in [-0.3, -0.25) is 0 Å². The quantitative estimate of drug-likeness (QED) is 0.565. The average molecular weight is 362 g/mol. The molecule has 2 nitrogen and oxygen atoms in total. The molecular formula is C13H18BBrO2Zn. The third-order valence-electron chi connectivity index (χ3n) is 3.56. The van der Waals surface area contributed by atoms with E-state index in [1.54, 1.807) is 0 Å². The fourth-order valence-electron chi connectivity index (χ4n) is 1.73. The molecule has 1 aromatic carbocycles. The summed E-state index contributed by atoms with van der Waals surface area (Å²) in [4.78, 5) is 0. The Labute approximate surface area is 127 Å². The van der Waals surface area contributed by atoms with Crippen molar-refractivity contribution in [2.75, 3.05) is 0 Å². The summed E-state index contributed by atoms with van der Waals surface area (Å²) in [7, 11) is -0.307. The van der Waals surface area contributed by atoms with Crippen molar-refractivity contribution in [2.24, 2.45) is 0 Å². The van der Waals surface area contributed by atoms with Gasteiger partial charge >= 0.3 is 37.1 Å². The zero-order valence-corrected chi connectivity index (χ0v) is 16.0. The third kappa shape index (κ3) is 3.19. The van der Waals surface area contributed by atoms with Gasteiger partial charge in [-0.1, -0.05) is 6.07 Å². The monoisotopic (exact) mass is 360 g/mol. The van der Waals surface area contributed by atoms with Gasteiger partial charge in [-0.25, -0.2) is 0 Å². The van der Waals surface area contributed by atoms with Gasteiger partial charge in [0, 0.05) is 0 Å². The van der Waals surface area contributed by atoms with Crippen LogP contribution in [0.1, 0.15) is 33.3 Å². The molecule has 94 valence electrons. The van der Waals surface area contributed by atoms with Gasteiger partial charge in [-0.05, 0) is 27.7 Å². The van der Waals surface area contributed by atoms with E-state index < -0.39 is 0 Å². The van der Waals surface area contributed by atoms with E-state index in [-0.39, 0.29) is 18.3 Å². The molecule has 1 fully saturated rings. The number of benzene rings is 1. The Bertz CT molecular complexity index is 394. The summed E-state index contributed by atoms with van der Waals surface area (Å²) in [6, 6.07) is 7.93. The van der Waals surface area contributed by atoms with Gasteiger partial charge in [-0.15, -0.1) is 17.6 Å². The van der Waals surface area contributed by atoms with Gasteiger partial charge in [-0.2, -0.15) is 18.6 Å². The van der Waals surface area contributed by atoms with Crippen molar-refractivity contribution in [3.63, 3.8) is 0 Å². The molecule has 0 unspecified atom stereocenters. The Balaban J connectivity index is 0.000000771. The Kier molecular flexibility index (Phi) is 5.49. The molecular weight excluding hydrogens is 344 g/mol. The van der Waals surface area contributed by atoms with Crippen LogP contribution in [0.25, 0.3) is 0 Å². The van der Waals surface area contributed by atoms with Crippen LogP contribution in [0.4, 0.5) is 0 Å². The van der Waals surface area contributed by atoms with Crippen LogP contribution < -0.4 is 5.46 Å². The van der Waals surface area contributed by atoms with Crippen LogP contribution in [0.3, 0.4) is 0 Å². The van der Waals surface area contributed by atoms with Gasteiger partial charge in [0.05, 0.1) is 11.2 Å². The van der Waals surface area contributed by atoms with E-state index >= 15 is 0 Å². The molecule has 1 saturated heterocycles. The first-order valence-electron chi connectivity index (χ1n) is 5.87. The van der Waals surface area contributed by atoms with Gasteiger partial charge in [0.2, 0.25) is 0 Å². The second-order valence-electron chi connectivity index (χ2n) is 5.29. The number of halogens is 1. The summed E-state index contributed by atoms with van der Waals surface area (Å²) in [5, 5.41) is 0. The van der Waals surface area contributed by atoms with E-state index in [1.807, 2.05) is 24.3 Å². The summed E-state index contributed by atoms with van der Waals surface area (Å²) in [5.74, 6) is 0. The topological polar surface area (TPSA) is 18.5 Å². The molecule has 0 spiro atoms. The van der Waals surface area contributed by atoms with Crippen molar-refractivity contribution < 1.29 is 25.7 Å². The summed E-state index contributed by atoms with van der Waals surface area (Å²) >= 11 is 4.25. The molecule has 2 rings (SSSR count). The van der Waals surface area contributed by atoms with Crippen molar-refractivity contribution in [2.45, 2.75) is 38.9 Å². The minimum absolute atomic E-state index is 0.292. The molecule has 1 aliphatic heterocycles. The van der Waals surface area contributed by atoms with Gasteiger partial charge < -0.3 is 9.31 Å². The zero-order valence-electron chi connectivity index (χ0n) is 11.5. The van der Waals surface area contributed by atoms with Crippen LogP contribution in [0.5, 0.6) is 0 Å². The van der Waals surface area contributed by atoms with Gasteiger partial charge in [0.1, 0.15) is 0 Å². The molecule has 1 aromatic rings. The van der Waals surface area contributed by atoms with Crippen molar-refractivity contribution >= 4 is 26.2 Å². The Morgan fingerprint density at radius 3 is 1.94 bits per heavy atom. The Morgan fingerprint density at radius 2 is 1.50 bits per heavy atom. The van der Waals surface area contributed by atoms with E-state index in [1.165, 1.54) is 16.3 Å². The van der Waals surface area contributed by atoms with E-state index in [0.29, 0.717) is 0 Å². The normalized spacial score (nSPS) is 20.3. The molecule has 0 radical (unpaired) electrons. The predicted molar refractivity (Wildman–Crippen MR) is 75.5 cm³/mol. The molecule has 1 aliphatic rings. The molecule has 0 N–H and O–H groups in total. The SMILES string of the molecule is [CH2-]c1ccccc1B1OC(C)(C)C(C)(C)O1.[Zn+][Br]. The van der Waals surface area contributed by atoms with E-state index in [2.05, 4.69) is 48.2 Å². The second-order valence-corrected chi connectivity index (χ2v) is 5.29. The summed E-state index contributed by atoms with van der Waals surface area (Å²) in [5.41, 5.74) is 1.39. The zero-order chi connectivity index (χ0) is 14.0. The number of hydrogen-bond donors (Lipinski definition) is 0. The first-order chi connectivity index (χ1) is 8.33. The molecule has 0 atom stereocenters. The summed E-state index contributed by atoms with van der Waals surface area (Å²) < 4.78 is 11.9. The maximum atomic E-state index is 5.97. The van der Waals surface area contributed by atoms with Crippen LogP contribution in [0, 0.1) is 6.92 Å². The molecule has 1 heterocycles. The summed E-state index contributed by atoms with van der Waals surface area (Å²) in [6.45, 7) is 12.2. The van der Waals surface area contributed by atoms with Gasteiger partial charge in [0.15, 0.2) is 0 Å². The molecule has 5 heteroatoms. The van der Waals surface area contributed by atoms with E-state index in [4.69, 9.17) is 9.31 Å².